The van der Waals surface area contributed by atoms with Gasteiger partial charge in [-0.15, -0.1) is 0 Å². The van der Waals surface area contributed by atoms with Crippen LogP contribution >= 0.6 is 11.6 Å². The van der Waals surface area contributed by atoms with Gasteiger partial charge < -0.3 is 10.2 Å². The second-order valence-corrected chi connectivity index (χ2v) is 5.49. The lowest BCUT2D eigenvalue weighted by molar-refractivity contribution is -0.135. The maximum atomic E-state index is 12.2. The summed E-state index contributed by atoms with van der Waals surface area (Å²) in [5, 5.41) is 4.03. The molecule has 1 amide bonds. The Balaban J connectivity index is 2.07. The Bertz CT molecular complexity index is 433. The predicted octanol–water partition coefficient (Wildman–Crippen LogP) is 1.20. The maximum Gasteiger partial charge on any atom is 0.240 e. The normalized spacial score (nSPS) is 20.3. The smallest absolute Gasteiger partial charge is 0.240 e. The SMILES string of the molecule is CN(C)C(=O)C1CNCCN1Cc1ccc(Cl)cc1. The molecular formula is C14H20ClN3O. The van der Waals surface area contributed by atoms with Gasteiger partial charge in [0.1, 0.15) is 6.04 Å². The monoisotopic (exact) mass is 281 g/mol. The molecular weight excluding hydrogens is 262 g/mol. The molecule has 104 valence electrons. The fourth-order valence-electron chi connectivity index (χ4n) is 2.30. The van der Waals surface area contributed by atoms with Crippen LogP contribution in [-0.2, 0) is 11.3 Å². The van der Waals surface area contributed by atoms with Crippen LogP contribution in [0.25, 0.3) is 0 Å². The highest BCUT2D eigenvalue weighted by molar-refractivity contribution is 6.30. The van der Waals surface area contributed by atoms with Crippen LogP contribution in [0.15, 0.2) is 24.3 Å². The van der Waals surface area contributed by atoms with E-state index in [1.165, 1.54) is 5.56 Å². The molecule has 0 bridgehead atoms. The van der Waals surface area contributed by atoms with Crippen molar-refractivity contribution in [2.45, 2.75) is 12.6 Å². The van der Waals surface area contributed by atoms with Crippen molar-refractivity contribution in [3.63, 3.8) is 0 Å². The van der Waals surface area contributed by atoms with Gasteiger partial charge in [-0.3, -0.25) is 9.69 Å². The third-order valence-corrected chi connectivity index (χ3v) is 3.63. The quantitative estimate of drug-likeness (QED) is 0.904. The van der Waals surface area contributed by atoms with Crippen molar-refractivity contribution in [1.29, 1.82) is 0 Å². The molecule has 0 aliphatic carbocycles. The Labute approximate surface area is 119 Å². The second kappa shape index (κ2) is 6.37. The van der Waals surface area contributed by atoms with E-state index in [4.69, 9.17) is 11.6 Å². The van der Waals surface area contributed by atoms with E-state index in [-0.39, 0.29) is 11.9 Å². The molecule has 0 radical (unpaired) electrons. The van der Waals surface area contributed by atoms with Crippen LogP contribution in [-0.4, -0.2) is 55.5 Å². The van der Waals surface area contributed by atoms with E-state index >= 15 is 0 Å². The molecule has 1 saturated heterocycles. The minimum atomic E-state index is -0.0839. The number of carbonyl (C=O) groups excluding carboxylic acids is 1. The highest BCUT2D eigenvalue weighted by Gasteiger charge is 2.29. The van der Waals surface area contributed by atoms with Crippen molar-refractivity contribution in [2.24, 2.45) is 0 Å². The first-order valence-electron chi connectivity index (χ1n) is 6.48. The van der Waals surface area contributed by atoms with Gasteiger partial charge in [-0.1, -0.05) is 23.7 Å². The molecule has 1 aromatic rings. The van der Waals surface area contributed by atoms with Gasteiger partial charge in [0, 0.05) is 45.3 Å². The number of nitrogens with zero attached hydrogens (tertiary/aromatic N) is 2. The van der Waals surface area contributed by atoms with E-state index in [1.807, 2.05) is 24.3 Å². The molecule has 1 unspecified atom stereocenters. The highest BCUT2D eigenvalue weighted by Crippen LogP contribution is 2.14. The van der Waals surface area contributed by atoms with Gasteiger partial charge in [-0.05, 0) is 17.7 Å². The number of amides is 1. The van der Waals surface area contributed by atoms with Gasteiger partial charge in [0.25, 0.3) is 0 Å². The molecule has 2 rings (SSSR count). The van der Waals surface area contributed by atoms with E-state index in [0.29, 0.717) is 6.54 Å². The number of hydrogen-bond acceptors (Lipinski definition) is 3. The molecule has 1 aliphatic heterocycles. The number of carbonyl (C=O) groups is 1. The Morgan fingerprint density at radius 3 is 2.74 bits per heavy atom. The van der Waals surface area contributed by atoms with Crippen LogP contribution in [0.4, 0.5) is 0 Å². The number of rotatable bonds is 3. The van der Waals surface area contributed by atoms with Crippen molar-refractivity contribution in [1.82, 2.24) is 15.1 Å². The molecule has 1 fully saturated rings. The standard InChI is InChI=1S/C14H20ClN3O/c1-17(2)14(19)13-9-16-7-8-18(13)10-11-3-5-12(15)6-4-11/h3-6,13,16H,7-10H2,1-2H3. The Morgan fingerprint density at radius 1 is 1.42 bits per heavy atom. The summed E-state index contributed by atoms with van der Waals surface area (Å²) in [6.07, 6.45) is 0. The minimum Gasteiger partial charge on any atom is -0.347 e. The summed E-state index contributed by atoms with van der Waals surface area (Å²) in [5.74, 6) is 0.154. The Morgan fingerprint density at radius 2 is 2.11 bits per heavy atom. The number of hydrogen-bond donors (Lipinski definition) is 1. The first-order valence-corrected chi connectivity index (χ1v) is 6.86. The first-order chi connectivity index (χ1) is 9.08. The number of likely N-dealkylation sites (N-methyl/N-ethyl adjacent to an activating group) is 1. The van der Waals surface area contributed by atoms with Crippen molar-refractivity contribution >= 4 is 17.5 Å². The summed E-state index contributed by atoms with van der Waals surface area (Å²) < 4.78 is 0. The fraction of sp³-hybridized carbons (Fsp3) is 0.500. The van der Waals surface area contributed by atoms with Gasteiger partial charge in [0.15, 0.2) is 0 Å². The average molecular weight is 282 g/mol. The van der Waals surface area contributed by atoms with Crippen molar-refractivity contribution < 1.29 is 4.79 Å². The lowest BCUT2D eigenvalue weighted by Crippen LogP contribution is -2.57. The number of halogens is 1. The average Bonchev–Trinajstić information content (AvgIpc) is 2.41. The summed E-state index contributed by atoms with van der Waals surface area (Å²) >= 11 is 5.89. The molecule has 4 nitrogen and oxygen atoms in total. The van der Waals surface area contributed by atoms with Crippen LogP contribution in [0.5, 0.6) is 0 Å². The van der Waals surface area contributed by atoms with Gasteiger partial charge in [0.2, 0.25) is 5.91 Å². The van der Waals surface area contributed by atoms with Gasteiger partial charge >= 0.3 is 0 Å². The minimum absolute atomic E-state index is 0.0839. The molecule has 1 aliphatic rings. The van der Waals surface area contributed by atoms with Gasteiger partial charge in [-0.2, -0.15) is 0 Å². The van der Waals surface area contributed by atoms with Crippen LogP contribution in [0.1, 0.15) is 5.56 Å². The second-order valence-electron chi connectivity index (χ2n) is 5.05. The van der Waals surface area contributed by atoms with E-state index in [9.17, 15) is 4.79 Å². The van der Waals surface area contributed by atoms with E-state index in [0.717, 1.165) is 24.7 Å². The highest BCUT2D eigenvalue weighted by atomic mass is 35.5. The fourth-order valence-corrected chi connectivity index (χ4v) is 2.43. The summed E-state index contributed by atoms with van der Waals surface area (Å²) in [4.78, 5) is 16.1. The third-order valence-electron chi connectivity index (χ3n) is 3.38. The first kappa shape index (κ1) is 14.3. The zero-order valence-corrected chi connectivity index (χ0v) is 12.2. The lowest BCUT2D eigenvalue weighted by atomic mass is 10.1. The molecule has 5 heteroatoms. The summed E-state index contributed by atoms with van der Waals surface area (Å²) in [5.41, 5.74) is 1.18. The number of benzene rings is 1. The molecule has 1 N–H and O–H groups in total. The zero-order chi connectivity index (χ0) is 13.8. The van der Waals surface area contributed by atoms with Gasteiger partial charge in [0.05, 0.1) is 0 Å². The Hall–Kier alpha value is -1.10. The maximum absolute atomic E-state index is 12.2. The van der Waals surface area contributed by atoms with E-state index < -0.39 is 0 Å². The van der Waals surface area contributed by atoms with E-state index in [2.05, 4.69) is 10.2 Å². The topological polar surface area (TPSA) is 35.6 Å². The molecule has 1 atom stereocenters. The third kappa shape index (κ3) is 3.69. The van der Waals surface area contributed by atoms with Crippen molar-refractivity contribution in [3.05, 3.63) is 34.9 Å². The van der Waals surface area contributed by atoms with Crippen molar-refractivity contribution in [2.75, 3.05) is 33.7 Å². The van der Waals surface area contributed by atoms with Crippen LogP contribution in [0.3, 0.4) is 0 Å². The van der Waals surface area contributed by atoms with Crippen LogP contribution in [0, 0.1) is 0 Å². The molecule has 0 saturated carbocycles. The van der Waals surface area contributed by atoms with Crippen molar-refractivity contribution in [3.8, 4) is 0 Å². The largest absolute Gasteiger partial charge is 0.347 e. The summed E-state index contributed by atoms with van der Waals surface area (Å²) in [6.45, 7) is 3.30. The summed E-state index contributed by atoms with van der Waals surface area (Å²) in [6, 6.07) is 7.73. The predicted molar refractivity (Wildman–Crippen MR) is 77.2 cm³/mol. The summed E-state index contributed by atoms with van der Waals surface area (Å²) in [7, 11) is 3.61. The zero-order valence-electron chi connectivity index (χ0n) is 11.4. The molecule has 19 heavy (non-hydrogen) atoms. The molecule has 0 spiro atoms. The van der Waals surface area contributed by atoms with Gasteiger partial charge in [-0.25, -0.2) is 0 Å². The Kier molecular flexibility index (Phi) is 4.80. The molecule has 1 heterocycles. The van der Waals surface area contributed by atoms with Crippen LogP contribution < -0.4 is 5.32 Å². The van der Waals surface area contributed by atoms with Crippen LogP contribution in [0.2, 0.25) is 5.02 Å². The lowest BCUT2D eigenvalue weighted by Gasteiger charge is -2.36. The number of nitrogens with one attached hydrogen (secondary N) is 1. The van der Waals surface area contributed by atoms with E-state index in [1.54, 1.807) is 19.0 Å². The molecule has 0 aromatic heterocycles. The molecule has 1 aromatic carbocycles. The number of piperazine rings is 1.